The van der Waals surface area contributed by atoms with Crippen LogP contribution in [0.25, 0.3) is 5.69 Å². The molecule has 3 rings (SSSR count). The van der Waals surface area contributed by atoms with Gasteiger partial charge in [0.2, 0.25) is 11.1 Å². The van der Waals surface area contributed by atoms with Crippen LogP contribution in [0.3, 0.4) is 0 Å². The van der Waals surface area contributed by atoms with E-state index in [1.165, 1.54) is 22.0 Å². The lowest BCUT2D eigenvalue weighted by Gasteiger charge is -2.12. The Morgan fingerprint density at radius 3 is 2.54 bits per heavy atom. The van der Waals surface area contributed by atoms with Gasteiger partial charge in [-0.05, 0) is 65.7 Å². The van der Waals surface area contributed by atoms with E-state index in [1.54, 1.807) is 31.2 Å². The summed E-state index contributed by atoms with van der Waals surface area (Å²) in [5.41, 5.74) is 2.69. The number of amides is 1. The molecule has 0 bridgehead atoms. The molecule has 0 unspecified atom stereocenters. The molecule has 1 heterocycles. The molecular formula is C18H19N5O2S. The van der Waals surface area contributed by atoms with Gasteiger partial charge in [-0.1, -0.05) is 30.8 Å². The smallest absolute Gasteiger partial charge is 0.237 e. The summed E-state index contributed by atoms with van der Waals surface area (Å²) >= 11 is 1.26. The van der Waals surface area contributed by atoms with Gasteiger partial charge in [-0.15, -0.1) is 5.10 Å². The molecule has 1 amide bonds. The molecule has 26 heavy (non-hydrogen) atoms. The highest BCUT2D eigenvalue weighted by molar-refractivity contribution is 8.00. The van der Waals surface area contributed by atoms with Gasteiger partial charge in [-0.3, -0.25) is 4.79 Å². The molecule has 8 heteroatoms. The topological polar surface area (TPSA) is 92.9 Å². The number of carbonyl (C=O) groups excluding carboxylic acids is 1. The van der Waals surface area contributed by atoms with Crippen molar-refractivity contribution in [2.75, 3.05) is 5.32 Å². The lowest BCUT2D eigenvalue weighted by Crippen LogP contribution is -2.22. The number of aryl methyl sites for hydroxylation is 1. The van der Waals surface area contributed by atoms with Crippen LogP contribution in [0.15, 0.2) is 53.7 Å². The predicted molar refractivity (Wildman–Crippen MR) is 101 cm³/mol. The van der Waals surface area contributed by atoms with Crippen molar-refractivity contribution >= 4 is 23.4 Å². The zero-order chi connectivity index (χ0) is 18.5. The molecule has 0 saturated carbocycles. The van der Waals surface area contributed by atoms with Crippen molar-refractivity contribution < 1.29 is 9.90 Å². The Morgan fingerprint density at radius 1 is 1.19 bits per heavy atom. The average Bonchev–Trinajstić information content (AvgIpc) is 3.11. The number of aromatic nitrogens is 4. The molecule has 0 spiro atoms. The molecule has 0 radical (unpaired) electrons. The van der Waals surface area contributed by atoms with Crippen molar-refractivity contribution in [3.05, 3.63) is 54.1 Å². The fourth-order valence-electron chi connectivity index (χ4n) is 2.29. The van der Waals surface area contributed by atoms with Crippen LogP contribution in [-0.4, -0.2) is 36.5 Å². The van der Waals surface area contributed by atoms with Crippen molar-refractivity contribution in [1.82, 2.24) is 20.2 Å². The van der Waals surface area contributed by atoms with Crippen molar-refractivity contribution in [2.24, 2.45) is 0 Å². The third-order valence-corrected chi connectivity index (χ3v) is 4.85. The van der Waals surface area contributed by atoms with E-state index in [0.29, 0.717) is 10.8 Å². The summed E-state index contributed by atoms with van der Waals surface area (Å²) in [6, 6.07) is 14.3. The van der Waals surface area contributed by atoms with E-state index in [9.17, 15) is 9.90 Å². The van der Waals surface area contributed by atoms with Crippen LogP contribution in [0.4, 0.5) is 5.69 Å². The minimum atomic E-state index is -0.386. The Bertz CT molecular complexity index is 877. The van der Waals surface area contributed by atoms with Gasteiger partial charge < -0.3 is 10.4 Å². The molecule has 0 aliphatic heterocycles. The minimum Gasteiger partial charge on any atom is -0.508 e. The van der Waals surface area contributed by atoms with Crippen LogP contribution >= 0.6 is 11.8 Å². The van der Waals surface area contributed by atoms with E-state index >= 15 is 0 Å². The van der Waals surface area contributed by atoms with Gasteiger partial charge in [0.15, 0.2) is 0 Å². The molecule has 0 fully saturated rings. The Balaban J connectivity index is 1.67. The van der Waals surface area contributed by atoms with Crippen LogP contribution < -0.4 is 5.32 Å². The van der Waals surface area contributed by atoms with Gasteiger partial charge in [0.05, 0.1) is 10.9 Å². The van der Waals surface area contributed by atoms with Crippen molar-refractivity contribution in [2.45, 2.75) is 30.7 Å². The molecule has 7 nitrogen and oxygen atoms in total. The highest BCUT2D eigenvalue weighted by Gasteiger charge is 2.19. The number of hydrogen-bond donors (Lipinski definition) is 2. The van der Waals surface area contributed by atoms with E-state index in [2.05, 4.69) is 27.8 Å². The van der Waals surface area contributed by atoms with Crippen molar-refractivity contribution in [3.8, 4) is 11.4 Å². The third kappa shape index (κ3) is 4.20. The predicted octanol–water partition coefficient (Wildman–Crippen LogP) is 3.05. The van der Waals surface area contributed by atoms with Crippen LogP contribution in [0, 0.1) is 0 Å². The number of nitrogens with zero attached hydrogens (tertiary/aromatic N) is 4. The number of benzene rings is 2. The summed E-state index contributed by atoms with van der Waals surface area (Å²) in [4.78, 5) is 12.4. The second-order valence-electron chi connectivity index (χ2n) is 5.69. The number of tetrazole rings is 1. The molecule has 1 atom stereocenters. The SMILES string of the molecule is CCc1ccc(NC(=O)[C@H](C)Sc2nnnn2-c2ccc(O)cc2)cc1. The number of phenolic OH excluding ortho intramolecular Hbond substituents is 1. The summed E-state index contributed by atoms with van der Waals surface area (Å²) in [7, 11) is 0. The molecule has 0 aliphatic rings. The second kappa shape index (κ2) is 8.01. The first-order valence-electron chi connectivity index (χ1n) is 8.21. The van der Waals surface area contributed by atoms with Crippen molar-refractivity contribution in [3.63, 3.8) is 0 Å². The van der Waals surface area contributed by atoms with E-state index in [-0.39, 0.29) is 16.9 Å². The number of hydrogen-bond acceptors (Lipinski definition) is 6. The number of carbonyl (C=O) groups is 1. The lowest BCUT2D eigenvalue weighted by atomic mass is 10.1. The fourth-order valence-corrected chi connectivity index (χ4v) is 3.10. The highest BCUT2D eigenvalue weighted by Crippen LogP contribution is 2.24. The van der Waals surface area contributed by atoms with E-state index in [1.807, 2.05) is 24.3 Å². The largest absolute Gasteiger partial charge is 0.508 e. The van der Waals surface area contributed by atoms with Crippen LogP contribution in [0.5, 0.6) is 5.75 Å². The molecule has 0 aliphatic carbocycles. The number of phenols is 1. The quantitative estimate of drug-likeness (QED) is 0.649. The summed E-state index contributed by atoms with van der Waals surface area (Å²) in [5.74, 6) is 0.0392. The van der Waals surface area contributed by atoms with Gasteiger partial charge >= 0.3 is 0 Å². The van der Waals surface area contributed by atoms with E-state index in [0.717, 1.165) is 12.1 Å². The molecular weight excluding hydrogens is 350 g/mol. The Kier molecular flexibility index (Phi) is 5.52. The van der Waals surface area contributed by atoms with E-state index in [4.69, 9.17) is 0 Å². The maximum absolute atomic E-state index is 12.4. The summed E-state index contributed by atoms with van der Waals surface area (Å²) in [5, 5.41) is 24.0. The van der Waals surface area contributed by atoms with Gasteiger partial charge in [-0.2, -0.15) is 4.68 Å². The zero-order valence-electron chi connectivity index (χ0n) is 14.5. The first-order valence-corrected chi connectivity index (χ1v) is 9.09. The Hall–Kier alpha value is -2.87. The third-order valence-electron chi connectivity index (χ3n) is 3.82. The summed E-state index contributed by atoms with van der Waals surface area (Å²) in [6.45, 7) is 3.89. The van der Waals surface area contributed by atoms with Crippen LogP contribution in [-0.2, 0) is 11.2 Å². The van der Waals surface area contributed by atoms with E-state index < -0.39 is 0 Å². The average molecular weight is 369 g/mol. The first kappa shape index (κ1) is 17.9. The number of aromatic hydroxyl groups is 1. The second-order valence-corrected chi connectivity index (χ2v) is 7.00. The summed E-state index contributed by atoms with van der Waals surface area (Å²) in [6.07, 6.45) is 0.959. The fraction of sp³-hybridized carbons (Fsp3) is 0.222. The number of nitrogens with one attached hydrogen (secondary N) is 1. The molecule has 1 aromatic heterocycles. The zero-order valence-corrected chi connectivity index (χ0v) is 15.3. The Labute approximate surface area is 155 Å². The van der Waals surface area contributed by atoms with Crippen molar-refractivity contribution in [1.29, 1.82) is 0 Å². The molecule has 0 saturated heterocycles. The minimum absolute atomic E-state index is 0.125. The van der Waals surface area contributed by atoms with Gasteiger partial charge in [0.25, 0.3) is 0 Å². The molecule has 2 aromatic carbocycles. The van der Waals surface area contributed by atoms with Gasteiger partial charge in [-0.25, -0.2) is 0 Å². The first-order chi connectivity index (χ1) is 12.6. The lowest BCUT2D eigenvalue weighted by molar-refractivity contribution is -0.115. The Morgan fingerprint density at radius 2 is 1.88 bits per heavy atom. The maximum Gasteiger partial charge on any atom is 0.237 e. The monoisotopic (exact) mass is 369 g/mol. The molecule has 134 valence electrons. The normalized spacial score (nSPS) is 11.9. The molecule has 2 N–H and O–H groups in total. The number of rotatable bonds is 6. The maximum atomic E-state index is 12.4. The van der Waals surface area contributed by atoms with Crippen LogP contribution in [0.1, 0.15) is 19.4 Å². The van der Waals surface area contributed by atoms with Crippen LogP contribution in [0.2, 0.25) is 0 Å². The summed E-state index contributed by atoms with van der Waals surface area (Å²) < 4.78 is 1.53. The number of thioether (sulfide) groups is 1. The van der Waals surface area contributed by atoms with Gasteiger partial charge in [0, 0.05) is 5.69 Å². The highest BCUT2D eigenvalue weighted by atomic mass is 32.2. The number of anilines is 1. The van der Waals surface area contributed by atoms with Gasteiger partial charge in [0.1, 0.15) is 5.75 Å². The molecule has 3 aromatic rings. The standard InChI is InChI=1S/C18H19N5O2S/c1-3-13-4-6-14(7-5-13)19-17(25)12(2)26-18-20-21-22-23(18)15-8-10-16(24)11-9-15/h4-12,24H,3H2,1-2H3,(H,19,25)/t12-/m0/s1.